The van der Waals surface area contributed by atoms with Crippen LogP contribution in [0.1, 0.15) is 44.5 Å². The molecular weight excluding hydrogens is 595 g/mol. The molecule has 5 aromatic rings. The Morgan fingerprint density at radius 1 is 1.00 bits per heavy atom. The first-order valence-electron chi connectivity index (χ1n) is 15.7. The van der Waals surface area contributed by atoms with Gasteiger partial charge in [0.2, 0.25) is 0 Å². The van der Waals surface area contributed by atoms with Crippen LogP contribution >= 0.6 is 0 Å². The van der Waals surface area contributed by atoms with Gasteiger partial charge in [-0.1, -0.05) is 36.4 Å². The largest absolute Gasteiger partial charge is 0.508 e. The molecule has 1 aliphatic rings. The van der Waals surface area contributed by atoms with Crippen LogP contribution in [0, 0.1) is 12.7 Å². The molecular formula is C37H39FN6O3. The zero-order valence-electron chi connectivity index (χ0n) is 27.3. The number of carbonyl (C=O) groups excluding carboxylic acids is 2. The number of carbonyl (C=O) groups is 2. The molecule has 0 spiro atoms. The lowest BCUT2D eigenvalue weighted by Crippen LogP contribution is -2.43. The molecule has 9 nitrogen and oxygen atoms in total. The summed E-state index contributed by atoms with van der Waals surface area (Å²) in [5.41, 5.74) is 5.43. The van der Waals surface area contributed by atoms with Gasteiger partial charge >= 0.3 is 0 Å². The van der Waals surface area contributed by atoms with Crippen molar-refractivity contribution in [2.24, 2.45) is 7.05 Å². The van der Waals surface area contributed by atoms with Gasteiger partial charge in [0.1, 0.15) is 11.6 Å². The van der Waals surface area contributed by atoms with Crippen LogP contribution in [0.5, 0.6) is 5.75 Å². The summed E-state index contributed by atoms with van der Waals surface area (Å²) in [4.78, 5) is 34.2. The molecule has 2 amide bonds. The number of aromatic hydroxyl groups is 1. The van der Waals surface area contributed by atoms with E-state index in [0.29, 0.717) is 59.9 Å². The molecule has 0 aliphatic carbocycles. The van der Waals surface area contributed by atoms with Gasteiger partial charge in [-0.15, -0.1) is 0 Å². The number of hydrogen-bond donors (Lipinski definition) is 1. The first-order chi connectivity index (χ1) is 22.5. The second-order valence-corrected chi connectivity index (χ2v) is 12.4. The Morgan fingerprint density at radius 3 is 2.40 bits per heavy atom. The number of likely N-dealkylation sites (N-methyl/N-ethyl adjacent to an activating group) is 1. The quantitative estimate of drug-likeness (QED) is 0.221. The highest BCUT2D eigenvalue weighted by Crippen LogP contribution is 2.36. The van der Waals surface area contributed by atoms with Crippen LogP contribution in [-0.4, -0.2) is 67.8 Å². The van der Waals surface area contributed by atoms with Gasteiger partial charge in [0, 0.05) is 61.6 Å². The number of hydrogen-bond acceptors (Lipinski definition) is 5. The second-order valence-electron chi connectivity index (χ2n) is 12.4. The van der Waals surface area contributed by atoms with E-state index in [1.807, 2.05) is 55.6 Å². The van der Waals surface area contributed by atoms with Crippen molar-refractivity contribution >= 4 is 23.2 Å². The zero-order chi connectivity index (χ0) is 33.4. The third kappa shape index (κ3) is 6.16. The number of fused-ring (bicyclic) bond motifs is 1. The van der Waals surface area contributed by atoms with Crippen molar-refractivity contribution < 1.29 is 19.1 Å². The number of aryl methyl sites for hydroxylation is 1. The number of benzene rings is 3. The van der Waals surface area contributed by atoms with Crippen LogP contribution in [0.25, 0.3) is 11.3 Å². The van der Waals surface area contributed by atoms with Crippen LogP contribution in [0.4, 0.5) is 15.8 Å². The number of rotatable bonds is 8. The third-order valence-corrected chi connectivity index (χ3v) is 8.90. The van der Waals surface area contributed by atoms with Crippen LogP contribution < -0.4 is 4.90 Å². The van der Waals surface area contributed by atoms with E-state index in [-0.39, 0.29) is 29.2 Å². The van der Waals surface area contributed by atoms with Crippen LogP contribution in [0.2, 0.25) is 0 Å². The summed E-state index contributed by atoms with van der Waals surface area (Å²) < 4.78 is 19.5. The van der Waals surface area contributed by atoms with E-state index in [1.54, 1.807) is 64.3 Å². The number of nitrogens with zero attached hydrogens (tertiary/aromatic N) is 6. The molecule has 2 aromatic heterocycles. The standard InChI is InChI=1S/C37H39FN6O3/c1-24-19-26-9-6-7-10-27(26)22-43(24)37(47)35-31(11-8-12-33(35)38)34-20-32(25(2)42(34)18-17-40(3)4)36(46)44(29-21-39-41(5)23-29)28-13-15-30(45)16-14-28/h6-16,20-21,23-24,45H,17-19,22H2,1-5H3/t24-/m1/s1. The Bertz CT molecular complexity index is 1940. The van der Waals surface area contributed by atoms with E-state index in [4.69, 9.17) is 0 Å². The predicted molar refractivity (Wildman–Crippen MR) is 180 cm³/mol. The summed E-state index contributed by atoms with van der Waals surface area (Å²) in [5, 5.41) is 14.2. The highest BCUT2D eigenvalue weighted by Gasteiger charge is 2.33. The molecule has 0 bridgehead atoms. The fourth-order valence-electron chi connectivity index (χ4n) is 6.35. The minimum absolute atomic E-state index is 0.0102. The first-order valence-corrected chi connectivity index (χ1v) is 15.7. The van der Waals surface area contributed by atoms with Gasteiger partial charge in [-0.25, -0.2) is 4.39 Å². The van der Waals surface area contributed by atoms with Crippen LogP contribution in [-0.2, 0) is 26.6 Å². The Morgan fingerprint density at radius 2 is 1.72 bits per heavy atom. The number of phenolic OH excluding ortho intramolecular Hbond substituents is 1. The minimum atomic E-state index is -0.606. The smallest absolute Gasteiger partial charge is 0.264 e. The topological polar surface area (TPSA) is 86.8 Å². The summed E-state index contributed by atoms with van der Waals surface area (Å²) in [6.07, 6.45) is 4.03. The van der Waals surface area contributed by atoms with Crippen molar-refractivity contribution in [2.75, 3.05) is 25.5 Å². The second kappa shape index (κ2) is 12.9. The molecule has 0 radical (unpaired) electrons. The van der Waals surface area contributed by atoms with E-state index >= 15 is 4.39 Å². The number of anilines is 2. The number of halogens is 1. The molecule has 3 heterocycles. The maximum Gasteiger partial charge on any atom is 0.264 e. The van der Waals surface area contributed by atoms with E-state index < -0.39 is 5.82 Å². The number of aromatic nitrogens is 3. The van der Waals surface area contributed by atoms with Crippen molar-refractivity contribution in [1.29, 1.82) is 0 Å². The Labute approximate surface area is 274 Å². The van der Waals surface area contributed by atoms with Gasteiger partial charge in [-0.05, 0) is 81.9 Å². The summed E-state index contributed by atoms with van der Waals surface area (Å²) in [6, 6.07) is 20.8. The van der Waals surface area contributed by atoms with Gasteiger partial charge in [0.25, 0.3) is 11.8 Å². The molecule has 1 aliphatic heterocycles. The predicted octanol–water partition coefficient (Wildman–Crippen LogP) is 6.17. The Hall–Kier alpha value is -5.22. The SMILES string of the molecule is Cc1c(C(=O)N(c2ccc(O)cc2)c2cnn(C)c2)cc(-c2cccc(F)c2C(=O)N2Cc3ccccc3C[C@H]2C)n1CCN(C)C. The molecule has 3 aromatic carbocycles. The molecule has 0 unspecified atom stereocenters. The molecule has 6 rings (SSSR count). The lowest BCUT2D eigenvalue weighted by Gasteiger charge is -2.35. The van der Waals surface area contributed by atoms with E-state index in [9.17, 15) is 14.7 Å². The Balaban J connectivity index is 1.47. The number of amides is 2. The zero-order valence-corrected chi connectivity index (χ0v) is 27.3. The molecule has 0 saturated heterocycles. The molecule has 0 saturated carbocycles. The maximum atomic E-state index is 15.9. The minimum Gasteiger partial charge on any atom is -0.508 e. The lowest BCUT2D eigenvalue weighted by molar-refractivity contribution is 0.0654. The van der Waals surface area contributed by atoms with Crippen molar-refractivity contribution in [2.45, 2.75) is 39.4 Å². The first kappa shape index (κ1) is 31.7. The monoisotopic (exact) mass is 634 g/mol. The average molecular weight is 635 g/mol. The van der Waals surface area contributed by atoms with Crippen molar-refractivity contribution in [1.82, 2.24) is 24.1 Å². The fourth-order valence-corrected chi connectivity index (χ4v) is 6.35. The lowest BCUT2D eigenvalue weighted by atomic mass is 9.93. The molecule has 0 fully saturated rings. The van der Waals surface area contributed by atoms with Crippen LogP contribution in [0.15, 0.2) is 85.2 Å². The van der Waals surface area contributed by atoms with Gasteiger partial charge in [-0.2, -0.15) is 5.10 Å². The van der Waals surface area contributed by atoms with Crippen molar-refractivity contribution in [3.8, 4) is 17.0 Å². The van der Waals surface area contributed by atoms with Gasteiger partial charge in [0.15, 0.2) is 0 Å². The van der Waals surface area contributed by atoms with Crippen LogP contribution in [0.3, 0.4) is 0 Å². The van der Waals surface area contributed by atoms with E-state index in [2.05, 4.69) is 11.2 Å². The summed E-state index contributed by atoms with van der Waals surface area (Å²) in [6.45, 7) is 5.41. The molecule has 1 N–H and O–H groups in total. The van der Waals surface area contributed by atoms with Gasteiger partial charge in [-0.3, -0.25) is 19.2 Å². The third-order valence-electron chi connectivity index (χ3n) is 8.90. The van der Waals surface area contributed by atoms with E-state index in [0.717, 1.165) is 5.56 Å². The molecule has 47 heavy (non-hydrogen) atoms. The average Bonchev–Trinajstić information content (AvgIpc) is 3.62. The summed E-state index contributed by atoms with van der Waals surface area (Å²) in [5.74, 6) is -1.23. The molecule has 242 valence electrons. The molecule has 10 heteroatoms. The molecule has 1 atom stereocenters. The van der Waals surface area contributed by atoms with Crippen molar-refractivity contribution in [3.63, 3.8) is 0 Å². The fraction of sp³-hybridized carbons (Fsp3) is 0.270. The van der Waals surface area contributed by atoms with E-state index in [1.165, 1.54) is 23.8 Å². The normalized spacial score (nSPS) is 14.4. The number of phenols is 1. The summed E-state index contributed by atoms with van der Waals surface area (Å²) in [7, 11) is 5.70. The Kier molecular flexibility index (Phi) is 8.70. The van der Waals surface area contributed by atoms with Gasteiger partial charge in [0.05, 0.1) is 23.0 Å². The highest BCUT2D eigenvalue weighted by atomic mass is 19.1. The maximum absolute atomic E-state index is 15.9. The van der Waals surface area contributed by atoms with Crippen molar-refractivity contribution in [3.05, 3.63) is 119 Å². The van der Waals surface area contributed by atoms with Gasteiger partial charge < -0.3 is 19.5 Å². The summed E-state index contributed by atoms with van der Waals surface area (Å²) >= 11 is 0. The highest BCUT2D eigenvalue weighted by molar-refractivity contribution is 6.12.